The highest BCUT2D eigenvalue weighted by molar-refractivity contribution is 6.91. The molecule has 1 aliphatic heterocycles. The molecule has 0 aliphatic carbocycles. The van der Waals surface area contributed by atoms with Crippen LogP contribution in [0, 0.1) is 5.92 Å². The third-order valence-corrected chi connectivity index (χ3v) is 14.7. The van der Waals surface area contributed by atoms with Gasteiger partial charge in [0.05, 0.1) is 39.5 Å². The summed E-state index contributed by atoms with van der Waals surface area (Å²) in [5.41, 5.74) is 10.4. The maximum Gasteiger partial charge on any atom is 0.255 e. The Morgan fingerprint density at radius 3 is 2.41 bits per heavy atom. The fourth-order valence-corrected chi connectivity index (χ4v) is 10.9. The van der Waals surface area contributed by atoms with E-state index in [1.807, 2.05) is 71.5 Å². The third kappa shape index (κ3) is 7.70. The second-order valence-corrected chi connectivity index (χ2v) is 18.6. The zero-order valence-corrected chi connectivity index (χ0v) is 30.8. The number of aliphatic hydroxyl groups is 1. The van der Waals surface area contributed by atoms with Gasteiger partial charge in [-0.1, -0.05) is 72.9 Å². The first-order valence-corrected chi connectivity index (χ1v) is 20.4. The van der Waals surface area contributed by atoms with Gasteiger partial charge in [0.25, 0.3) is 5.91 Å². The van der Waals surface area contributed by atoms with E-state index < -0.39 is 8.07 Å². The second kappa shape index (κ2) is 15.5. The van der Waals surface area contributed by atoms with Crippen LogP contribution in [0.25, 0.3) is 0 Å². The topological polar surface area (TPSA) is 134 Å². The number of amides is 1. The maximum absolute atomic E-state index is 13.0. The van der Waals surface area contributed by atoms with Crippen LogP contribution in [0.5, 0.6) is 11.5 Å². The lowest BCUT2D eigenvalue weighted by atomic mass is 9.86. The Balaban J connectivity index is 1.29. The van der Waals surface area contributed by atoms with Gasteiger partial charge >= 0.3 is 0 Å². The molecule has 266 valence electrons. The molecule has 10 nitrogen and oxygen atoms in total. The van der Waals surface area contributed by atoms with Gasteiger partial charge < -0.3 is 30.4 Å². The van der Waals surface area contributed by atoms with Crippen LogP contribution >= 0.6 is 0 Å². The highest BCUT2D eigenvalue weighted by atomic mass is 28.3. The number of nitrogens with zero attached hydrogens (tertiary/aromatic N) is 3. The number of nitrogens with two attached hydrogens (primary N) is 1. The van der Waals surface area contributed by atoms with Crippen molar-refractivity contribution in [3.63, 3.8) is 0 Å². The van der Waals surface area contributed by atoms with Crippen molar-refractivity contribution < 1.29 is 24.1 Å². The minimum absolute atomic E-state index is 0.0104. The van der Waals surface area contributed by atoms with Crippen molar-refractivity contribution in [3.05, 3.63) is 126 Å². The molecule has 0 fully saturated rings. The number of hydrogen-bond acceptors (Lipinski definition) is 8. The van der Waals surface area contributed by atoms with E-state index in [0.717, 1.165) is 34.7 Å². The summed E-state index contributed by atoms with van der Waals surface area (Å²) in [4.78, 5) is 13.0. The van der Waals surface area contributed by atoms with E-state index in [-0.39, 0.29) is 42.1 Å². The fraction of sp³-hybridized carbons (Fsp3) is 0.325. The number of nitrogen functional groups attached to an aromatic ring is 1. The minimum Gasteiger partial charge on any atom is -0.497 e. The summed E-state index contributed by atoms with van der Waals surface area (Å²) in [6, 6.07) is 30.9. The van der Waals surface area contributed by atoms with Gasteiger partial charge in [0, 0.05) is 48.3 Å². The molecule has 51 heavy (non-hydrogen) atoms. The van der Waals surface area contributed by atoms with Crippen LogP contribution in [0.2, 0.25) is 18.6 Å². The van der Waals surface area contributed by atoms with Gasteiger partial charge in [-0.2, -0.15) is 0 Å². The molecule has 1 amide bonds. The van der Waals surface area contributed by atoms with Crippen LogP contribution in [-0.2, 0) is 11.3 Å². The first-order chi connectivity index (χ1) is 24.6. The van der Waals surface area contributed by atoms with Crippen LogP contribution in [0.15, 0.2) is 103 Å². The van der Waals surface area contributed by atoms with Gasteiger partial charge in [-0.15, -0.1) is 5.10 Å². The molecule has 1 aromatic heterocycles. The van der Waals surface area contributed by atoms with Gasteiger partial charge in [0.15, 0.2) is 0 Å². The summed E-state index contributed by atoms with van der Waals surface area (Å²) >= 11 is 0. The molecule has 0 radical (unpaired) electrons. The smallest absolute Gasteiger partial charge is 0.255 e. The standard InChI is InChI=1S/C40H47N5O5Si/c1-26-38(49-3)33-23-30(42-40(47)28-11-13-29(41)14-12-28)15-20-36(33)50-39(26)37(51(4,5)32-18-16-31(48-2)17-19-32)21-22-45-24-35(43-44-45)34(25-46)27-9-7-6-8-10-27/h6-20,23-24,26,34,37-39,46H,21-22,25,41H2,1-5H3,(H,42,47)/t26-,34?,37?,38-,39-/m1/s1. The van der Waals surface area contributed by atoms with Crippen LogP contribution < -0.4 is 25.7 Å². The summed E-state index contributed by atoms with van der Waals surface area (Å²) in [5, 5.41) is 23.5. The van der Waals surface area contributed by atoms with Gasteiger partial charge in [-0.25, -0.2) is 0 Å². The summed E-state index contributed by atoms with van der Waals surface area (Å²) < 4.78 is 20.6. The van der Waals surface area contributed by atoms with Crippen LogP contribution in [0.3, 0.4) is 0 Å². The molecular weight excluding hydrogens is 659 g/mol. The van der Waals surface area contributed by atoms with Crippen molar-refractivity contribution in [2.75, 3.05) is 31.9 Å². The molecule has 5 atom stereocenters. The number of carbonyl (C=O) groups excluding carboxylic acids is 1. The largest absolute Gasteiger partial charge is 0.497 e. The number of benzene rings is 4. The molecule has 2 heterocycles. The van der Waals surface area contributed by atoms with Crippen molar-refractivity contribution in [2.24, 2.45) is 5.92 Å². The van der Waals surface area contributed by atoms with E-state index >= 15 is 0 Å². The van der Waals surface area contributed by atoms with Gasteiger partial charge in [-0.05, 0) is 72.1 Å². The lowest BCUT2D eigenvalue weighted by Gasteiger charge is -2.46. The molecule has 5 aromatic rings. The van der Waals surface area contributed by atoms with Crippen molar-refractivity contribution in [1.29, 1.82) is 0 Å². The molecule has 0 saturated heterocycles. The molecule has 0 bridgehead atoms. The fourth-order valence-electron chi connectivity index (χ4n) is 7.37. The number of carbonyl (C=O) groups is 1. The number of hydrogen-bond donors (Lipinski definition) is 3. The van der Waals surface area contributed by atoms with Crippen molar-refractivity contribution >= 4 is 30.5 Å². The summed E-state index contributed by atoms with van der Waals surface area (Å²) in [7, 11) is 1.17. The molecule has 2 unspecified atom stereocenters. The van der Waals surface area contributed by atoms with E-state index in [1.54, 1.807) is 38.5 Å². The highest BCUT2D eigenvalue weighted by Crippen LogP contribution is 2.48. The minimum atomic E-state index is -2.24. The summed E-state index contributed by atoms with van der Waals surface area (Å²) in [6.07, 6.45) is 2.31. The monoisotopic (exact) mass is 705 g/mol. The number of fused-ring (bicyclic) bond motifs is 1. The van der Waals surface area contributed by atoms with Crippen LogP contribution in [0.1, 0.15) is 52.5 Å². The number of rotatable bonds is 13. The number of methoxy groups -OCH3 is 2. The van der Waals surface area contributed by atoms with Crippen molar-refractivity contribution in [1.82, 2.24) is 15.0 Å². The van der Waals surface area contributed by atoms with Gasteiger partial charge in [0.2, 0.25) is 0 Å². The molecule has 1 aliphatic rings. The van der Waals surface area contributed by atoms with Crippen LogP contribution in [-0.4, -0.2) is 61.0 Å². The Kier molecular flexibility index (Phi) is 10.9. The SMILES string of the molecule is COc1ccc([Si](C)(C)C(CCn2cc(C(CO)c3ccccc3)nn2)[C@@H]2Oc3ccc(NC(=O)c4ccc(N)cc4)cc3[C@H](OC)[C@H]2C)cc1. The van der Waals surface area contributed by atoms with E-state index in [0.29, 0.717) is 23.5 Å². The van der Waals surface area contributed by atoms with Gasteiger partial charge in [-0.3, -0.25) is 9.48 Å². The normalized spacial score (nSPS) is 18.3. The Hall–Kier alpha value is -4.97. The number of anilines is 2. The van der Waals surface area contributed by atoms with E-state index in [2.05, 4.69) is 47.8 Å². The first kappa shape index (κ1) is 35.8. The summed E-state index contributed by atoms with van der Waals surface area (Å²) in [6.45, 7) is 7.55. The zero-order chi connectivity index (χ0) is 36.1. The number of nitrogens with one attached hydrogen (secondary N) is 1. The predicted molar refractivity (Wildman–Crippen MR) is 202 cm³/mol. The molecule has 0 saturated carbocycles. The number of aliphatic hydroxyl groups excluding tert-OH is 1. The van der Waals surface area contributed by atoms with Crippen molar-refractivity contribution in [2.45, 2.75) is 56.7 Å². The molecule has 4 N–H and O–H groups in total. The van der Waals surface area contributed by atoms with Crippen LogP contribution in [0.4, 0.5) is 11.4 Å². The maximum atomic E-state index is 13.0. The molecule has 11 heteroatoms. The Labute approximate surface area is 300 Å². The number of ether oxygens (including phenoxy) is 3. The predicted octanol–water partition coefficient (Wildman–Crippen LogP) is 6.41. The molecule has 0 spiro atoms. The van der Waals surface area contributed by atoms with E-state index in [4.69, 9.17) is 19.9 Å². The zero-order valence-electron chi connectivity index (χ0n) is 29.8. The first-order valence-electron chi connectivity index (χ1n) is 17.3. The lowest BCUT2D eigenvalue weighted by molar-refractivity contribution is -0.0233. The Bertz CT molecular complexity index is 1920. The molecule has 6 rings (SSSR count). The lowest BCUT2D eigenvalue weighted by Crippen LogP contribution is -2.54. The Morgan fingerprint density at radius 1 is 1.02 bits per heavy atom. The molecular formula is C40H47N5O5Si. The summed E-state index contributed by atoms with van der Waals surface area (Å²) in [5.74, 6) is 1.09. The number of aromatic nitrogens is 3. The average molecular weight is 706 g/mol. The average Bonchev–Trinajstić information content (AvgIpc) is 3.61. The third-order valence-electron chi connectivity index (χ3n) is 10.4. The molecule has 4 aromatic carbocycles. The van der Waals surface area contributed by atoms with E-state index in [1.165, 1.54) is 5.19 Å². The van der Waals surface area contributed by atoms with Crippen molar-refractivity contribution in [3.8, 4) is 11.5 Å². The second-order valence-electron chi connectivity index (χ2n) is 13.8. The van der Waals surface area contributed by atoms with Gasteiger partial charge in [0.1, 0.15) is 17.6 Å². The quantitative estimate of drug-likeness (QED) is 0.0947. The van der Waals surface area contributed by atoms with E-state index in [9.17, 15) is 9.90 Å². The Morgan fingerprint density at radius 2 is 1.75 bits per heavy atom. The highest BCUT2D eigenvalue weighted by Gasteiger charge is 2.47. The number of aryl methyl sites for hydroxylation is 1.